The lowest BCUT2D eigenvalue weighted by molar-refractivity contribution is 0.415. The molecule has 0 amide bonds. The van der Waals surface area contributed by atoms with E-state index >= 15 is 0 Å². The fraction of sp³-hybridized carbons (Fsp3) is 0.217. The number of thiazole rings is 1. The van der Waals surface area contributed by atoms with Crippen LogP contribution in [0.25, 0.3) is 27.3 Å². The number of aromatic nitrogens is 5. The van der Waals surface area contributed by atoms with Crippen molar-refractivity contribution in [2.24, 2.45) is 0 Å². The third kappa shape index (κ3) is 3.31. The van der Waals surface area contributed by atoms with Crippen molar-refractivity contribution in [3.05, 3.63) is 53.9 Å². The summed E-state index contributed by atoms with van der Waals surface area (Å²) in [6.45, 7) is 1.96. The highest BCUT2D eigenvalue weighted by Gasteiger charge is 2.21. The molecule has 1 aliphatic rings. The molecule has 0 unspecified atom stereocenters. The lowest BCUT2D eigenvalue weighted by atomic mass is 10.2. The van der Waals surface area contributed by atoms with Crippen molar-refractivity contribution >= 4 is 44.9 Å². The fourth-order valence-corrected chi connectivity index (χ4v) is 4.88. The predicted molar refractivity (Wildman–Crippen MR) is 127 cm³/mol. The van der Waals surface area contributed by atoms with Gasteiger partial charge in [-0.3, -0.25) is 0 Å². The molecule has 160 valence electrons. The summed E-state index contributed by atoms with van der Waals surface area (Å²) in [4.78, 5) is 17.5. The van der Waals surface area contributed by atoms with E-state index in [1.165, 1.54) is 0 Å². The summed E-state index contributed by atoms with van der Waals surface area (Å²) in [5, 5.41) is 10.1. The topological polar surface area (TPSA) is 80.5 Å². The Morgan fingerprint density at radius 2 is 1.78 bits per heavy atom. The fourth-order valence-electron chi connectivity index (χ4n) is 4.05. The van der Waals surface area contributed by atoms with Crippen LogP contribution in [0.2, 0.25) is 0 Å². The highest BCUT2D eigenvalue weighted by Crippen LogP contribution is 2.31. The number of hydrogen-bond donors (Lipinski definition) is 1. The molecule has 4 heterocycles. The van der Waals surface area contributed by atoms with E-state index in [2.05, 4.69) is 20.6 Å². The van der Waals surface area contributed by atoms with Crippen LogP contribution in [0.1, 0.15) is 12.8 Å². The van der Waals surface area contributed by atoms with Crippen LogP contribution in [0, 0.1) is 0 Å². The van der Waals surface area contributed by atoms with Gasteiger partial charge in [-0.15, -0.1) is 16.4 Å². The molecule has 0 atom stereocenters. The van der Waals surface area contributed by atoms with Gasteiger partial charge in [-0.05, 0) is 37.1 Å². The van der Waals surface area contributed by atoms with Gasteiger partial charge >= 0.3 is 0 Å². The number of rotatable bonds is 5. The van der Waals surface area contributed by atoms with Gasteiger partial charge in [-0.25, -0.2) is 14.5 Å². The van der Waals surface area contributed by atoms with E-state index in [1.807, 2.05) is 53.0 Å². The number of benzene rings is 2. The maximum atomic E-state index is 5.37. The van der Waals surface area contributed by atoms with Gasteiger partial charge < -0.3 is 15.0 Å². The van der Waals surface area contributed by atoms with Crippen molar-refractivity contribution in [3.8, 4) is 17.0 Å². The third-order valence-corrected chi connectivity index (χ3v) is 6.45. The number of methoxy groups -OCH3 is 1. The summed E-state index contributed by atoms with van der Waals surface area (Å²) in [6, 6.07) is 15.9. The van der Waals surface area contributed by atoms with Crippen LogP contribution in [0.4, 0.5) is 17.6 Å². The average molecular weight is 444 g/mol. The zero-order chi connectivity index (χ0) is 21.5. The van der Waals surface area contributed by atoms with Crippen molar-refractivity contribution in [3.63, 3.8) is 0 Å². The van der Waals surface area contributed by atoms with Gasteiger partial charge in [0.15, 0.2) is 11.6 Å². The average Bonchev–Trinajstić information content (AvgIpc) is 3.56. The molecule has 32 heavy (non-hydrogen) atoms. The summed E-state index contributed by atoms with van der Waals surface area (Å²) >= 11 is 1.55. The standard InChI is InChI=1S/C23H21N7OS/c1-31-16-8-6-7-15(13-16)19-14-32-23-27-22(28-30(19)23)26-20-21(29-11-4-5-12-29)25-18-10-3-2-9-17(18)24-20/h2-3,6-10,13-14H,4-5,11-12H2,1H3,(H,24,26,28). The largest absolute Gasteiger partial charge is 0.497 e. The van der Waals surface area contributed by atoms with E-state index < -0.39 is 0 Å². The quantitative estimate of drug-likeness (QED) is 0.420. The van der Waals surface area contributed by atoms with E-state index in [1.54, 1.807) is 18.4 Å². The Morgan fingerprint density at radius 3 is 2.59 bits per heavy atom. The molecule has 6 rings (SSSR count). The van der Waals surface area contributed by atoms with E-state index in [4.69, 9.17) is 19.8 Å². The van der Waals surface area contributed by atoms with Crippen LogP contribution in [-0.4, -0.2) is 44.8 Å². The maximum Gasteiger partial charge on any atom is 0.249 e. The maximum absolute atomic E-state index is 5.37. The molecule has 2 aromatic carbocycles. The van der Waals surface area contributed by atoms with Crippen LogP contribution < -0.4 is 15.0 Å². The number of para-hydroxylation sites is 2. The summed E-state index contributed by atoms with van der Waals surface area (Å²) in [5.41, 5.74) is 3.72. The summed E-state index contributed by atoms with van der Waals surface area (Å²) < 4.78 is 7.23. The van der Waals surface area contributed by atoms with E-state index in [-0.39, 0.29) is 0 Å². The summed E-state index contributed by atoms with van der Waals surface area (Å²) in [7, 11) is 1.67. The summed E-state index contributed by atoms with van der Waals surface area (Å²) in [6.07, 6.45) is 2.33. The molecule has 8 nitrogen and oxygen atoms in total. The highest BCUT2D eigenvalue weighted by atomic mass is 32.1. The zero-order valence-corrected chi connectivity index (χ0v) is 18.3. The Kier molecular flexibility index (Phi) is 4.61. The lowest BCUT2D eigenvalue weighted by Gasteiger charge is -2.19. The first-order chi connectivity index (χ1) is 15.8. The number of nitrogens with one attached hydrogen (secondary N) is 1. The number of hydrogen-bond acceptors (Lipinski definition) is 8. The van der Waals surface area contributed by atoms with Gasteiger partial charge in [-0.1, -0.05) is 24.3 Å². The molecular weight excluding hydrogens is 422 g/mol. The first kappa shape index (κ1) is 19.0. The van der Waals surface area contributed by atoms with Crippen LogP contribution in [0.3, 0.4) is 0 Å². The van der Waals surface area contributed by atoms with Gasteiger partial charge in [0.25, 0.3) is 0 Å². The van der Waals surface area contributed by atoms with Crippen molar-refractivity contribution in [1.82, 2.24) is 24.6 Å². The Morgan fingerprint density at radius 1 is 0.969 bits per heavy atom. The minimum Gasteiger partial charge on any atom is -0.497 e. The Balaban J connectivity index is 1.40. The van der Waals surface area contributed by atoms with E-state index in [0.29, 0.717) is 11.8 Å². The normalized spacial score (nSPS) is 13.8. The third-order valence-electron chi connectivity index (χ3n) is 5.64. The summed E-state index contributed by atoms with van der Waals surface area (Å²) in [5.74, 6) is 2.85. The lowest BCUT2D eigenvalue weighted by Crippen LogP contribution is -2.21. The monoisotopic (exact) mass is 443 g/mol. The number of anilines is 3. The van der Waals surface area contributed by atoms with Crippen LogP contribution in [0.15, 0.2) is 53.9 Å². The van der Waals surface area contributed by atoms with Gasteiger partial charge in [0.05, 0.1) is 23.8 Å². The van der Waals surface area contributed by atoms with Gasteiger partial charge in [0.1, 0.15) is 5.75 Å². The molecule has 0 bridgehead atoms. The Bertz CT molecular complexity index is 1420. The molecule has 1 fully saturated rings. The molecule has 1 aliphatic heterocycles. The molecule has 1 N–H and O–H groups in total. The molecule has 0 saturated carbocycles. The molecule has 5 aromatic rings. The van der Waals surface area contributed by atoms with Crippen molar-refractivity contribution < 1.29 is 4.74 Å². The molecule has 0 radical (unpaired) electrons. The number of ether oxygens (including phenoxy) is 1. The molecular formula is C23H21N7OS. The zero-order valence-electron chi connectivity index (χ0n) is 17.5. The first-order valence-electron chi connectivity index (χ1n) is 10.6. The Labute approximate surface area is 188 Å². The SMILES string of the molecule is COc1cccc(-c2csc3nc(Nc4nc5ccccc5nc4N4CCCC4)nn23)c1. The molecule has 0 spiro atoms. The first-order valence-corrected chi connectivity index (χ1v) is 11.4. The van der Waals surface area contributed by atoms with Crippen LogP contribution in [-0.2, 0) is 0 Å². The molecule has 0 aliphatic carbocycles. The smallest absolute Gasteiger partial charge is 0.249 e. The molecule has 3 aromatic heterocycles. The molecule has 9 heteroatoms. The van der Waals surface area contributed by atoms with Crippen LogP contribution >= 0.6 is 11.3 Å². The predicted octanol–water partition coefficient (Wildman–Crippen LogP) is 4.75. The van der Waals surface area contributed by atoms with E-state index in [0.717, 1.165) is 64.8 Å². The number of nitrogens with zero attached hydrogens (tertiary/aromatic N) is 6. The second kappa shape index (κ2) is 7.76. The number of fused-ring (bicyclic) bond motifs is 2. The molecule has 1 saturated heterocycles. The van der Waals surface area contributed by atoms with Gasteiger partial charge in [-0.2, -0.15) is 4.98 Å². The minimum absolute atomic E-state index is 0.506. The second-order valence-corrected chi connectivity index (χ2v) is 8.52. The minimum atomic E-state index is 0.506. The van der Waals surface area contributed by atoms with Crippen molar-refractivity contribution in [2.45, 2.75) is 12.8 Å². The van der Waals surface area contributed by atoms with E-state index in [9.17, 15) is 0 Å². The van der Waals surface area contributed by atoms with Crippen LogP contribution in [0.5, 0.6) is 5.75 Å². The van der Waals surface area contributed by atoms with Gasteiger partial charge in [0, 0.05) is 24.0 Å². The van der Waals surface area contributed by atoms with Crippen molar-refractivity contribution in [1.29, 1.82) is 0 Å². The van der Waals surface area contributed by atoms with Gasteiger partial charge in [0.2, 0.25) is 10.9 Å². The highest BCUT2D eigenvalue weighted by molar-refractivity contribution is 7.15. The van der Waals surface area contributed by atoms with Crippen molar-refractivity contribution in [2.75, 3.05) is 30.4 Å². The Hall–Kier alpha value is -3.72. The second-order valence-electron chi connectivity index (χ2n) is 7.69.